The van der Waals surface area contributed by atoms with E-state index < -0.39 is 11.9 Å². The minimum absolute atomic E-state index is 0.429. The third-order valence-corrected chi connectivity index (χ3v) is 2.00. The van der Waals surface area contributed by atoms with Crippen LogP contribution >= 0.6 is 0 Å². The van der Waals surface area contributed by atoms with Crippen molar-refractivity contribution < 1.29 is 14.7 Å². The number of hydrogen-bond acceptors (Lipinski definition) is 3. The van der Waals surface area contributed by atoms with Gasteiger partial charge in [-0.25, -0.2) is 0 Å². The topological polar surface area (TPSA) is 67.3 Å². The standard InChI is InChI=1S/C10H11NO3/c1-2-9-7(4-3-5-11-9)8(6-12)10(13)14/h3-6,8H,2H2,1H3,(H,13,14). The van der Waals surface area contributed by atoms with Gasteiger partial charge in [0.05, 0.1) is 0 Å². The molecule has 4 heteroatoms. The number of rotatable bonds is 4. The van der Waals surface area contributed by atoms with E-state index in [0.717, 1.165) is 0 Å². The highest BCUT2D eigenvalue weighted by atomic mass is 16.4. The number of aliphatic carboxylic acids is 1. The molecule has 1 unspecified atom stereocenters. The van der Waals surface area contributed by atoms with Gasteiger partial charge >= 0.3 is 5.97 Å². The number of nitrogens with zero attached hydrogens (tertiary/aromatic N) is 1. The van der Waals surface area contributed by atoms with Crippen LogP contribution in [0.25, 0.3) is 0 Å². The Morgan fingerprint density at radius 3 is 2.93 bits per heavy atom. The molecule has 1 N–H and O–H groups in total. The molecule has 0 saturated carbocycles. The van der Waals surface area contributed by atoms with E-state index in [1.807, 2.05) is 6.92 Å². The summed E-state index contributed by atoms with van der Waals surface area (Å²) in [7, 11) is 0. The van der Waals surface area contributed by atoms with Gasteiger partial charge in [-0.1, -0.05) is 13.0 Å². The summed E-state index contributed by atoms with van der Waals surface area (Å²) >= 11 is 0. The third kappa shape index (κ3) is 1.96. The van der Waals surface area contributed by atoms with E-state index in [9.17, 15) is 9.59 Å². The van der Waals surface area contributed by atoms with Gasteiger partial charge in [0.15, 0.2) is 0 Å². The molecule has 1 aromatic heterocycles. The molecule has 0 radical (unpaired) electrons. The normalized spacial score (nSPS) is 12.1. The van der Waals surface area contributed by atoms with Gasteiger partial charge in [-0.05, 0) is 18.1 Å². The Morgan fingerprint density at radius 2 is 2.43 bits per heavy atom. The van der Waals surface area contributed by atoms with Crippen molar-refractivity contribution in [2.45, 2.75) is 19.3 Å². The number of carboxylic acids is 1. The second-order valence-electron chi connectivity index (χ2n) is 2.84. The monoisotopic (exact) mass is 193 g/mol. The molecule has 1 atom stereocenters. The fourth-order valence-electron chi connectivity index (χ4n) is 1.29. The first-order chi connectivity index (χ1) is 6.70. The Balaban J connectivity index is 3.15. The lowest BCUT2D eigenvalue weighted by atomic mass is 9.98. The molecule has 0 aliphatic rings. The SMILES string of the molecule is CCc1ncccc1C(C=O)C(=O)O. The Bertz CT molecular complexity index is 349. The van der Waals surface area contributed by atoms with Gasteiger partial charge in [-0.3, -0.25) is 9.78 Å². The maximum atomic E-state index is 10.7. The second kappa shape index (κ2) is 4.50. The first kappa shape index (κ1) is 10.4. The summed E-state index contributed by atoms with van der Waals surface area (Å²) in [5, 5.41) is 8.79. The Hall–Kier alpha value is -1.71. The van der Waals surface area contributed by atoms with E-state index in [0.29, 0.717) is 24.0 Å². The molecule has 0 amide bonds. The van der Waals surface area contributed by atoms with Crippen molar-refractivity contribution in [2.24, 2.45) is 0 Å². The van der Waals surface area contributed by atoms with Gasteiger partial charge in [0.2, 0.25) is 0 Å². The lowest BCUT2D eigenvalue weighted by Crippen LogP contribution is -2.15. The van der Waals surface area contributed by atoms with E-state index >= 15 is 0 Å². The molecule has 14 heavy (non-hydrogen) atoms. The number of carbonyl (C=O) groups is 2. The van der Waals surface area contributed by atoms with Crippen LogP contribution in [0.15, 0.2) is 18.3 Å². The number of aryl methyl sites for hydroxylation is 1. The van der Waals surface area contributed by atoms with Crippen molar-refractivity contribution in [1.29, 1.82) is 0 Å². The second-order valence-corrected chi connectivity index (χ2v) is 2.84. The molecule has 0 aromatic carbocycles. The van der Waals surface area contributed by atoms with Crippen LogP contribution in [0, 0.1) is 0 Å². The Morgan fingerprint density at radius 1 is 1.71 bits per heavy atom. The minimum atomic E-state index is -1.14. The van der Waals surface area contributed by atoms with Gasteiger partial charge in [0.1, 0.15) is 12.2 Å². The molecule has 1 heterocycles. The first-order valence-electron chi connectivity index (χ1n) is 4.32. The number of aromatic nitrogens is 1. The van der Waals surface area contributed by atoms with Crippen LogP contribution in [0.1, 0.15) is 24.1 Å². The number of carboxylic acid groups (broad SMARTS) is 1. The predicted octanol–water partition coefficient (Wildman–Crippen LogP) is 1.01. The largest absolute Gasteiger partial charge is 0.480 e. The number of aldehydes is 1. The van der Waals surface area contributed by atoms with E-state index in [1.165, 1.54) is 0 Å². The molecule has 0 spiro atoms. The van der Waals surface area contributed by atoms with Crippen molar-refractivity contribution in [1.82, 2.24) is 4.98 Å². The summed E-state index contributed by atoms with van der Waals surface area (Å²) in [6.45, 7) is 1.87. The average Bonchev–Trinajstić information content (AvgIpc) is 2.19. The van der Waals surface area contributed by atoms with Crippen LogP contribution in [0.2, 0.25) is 0 Å². The van der Waals surface area contributed by atoms with E-state index in [1.54, 1.807) is 18.3 Å². The van der Waals surface area contributed by atoms with Crippen molar-refractivity contribution >= 4 is 12.3 Å². The van der Waals surface area contributed by atoms with E-state index in [-0.39, 0.29) is 0 Å². The van der Waals surface area contributed by atoms with Crippen molar-refractivity contribution in [3.8, 4) is 0 Å². The zero-order valence-corrected chi connectivity index (χ0v) is 7.80. The quantitative estimate of drug-likeness (QED) is 0.572. The molecule has 0 bridgehead atoms. The van der Waals surface area contributed by atoms with Gasteiger partial charge in [0.25, 0.3) is 0 Å². The van der Waals surface area contributed by atoms with Crippen molar-refractivity contribution in [3.63, 3.8) is 0 Å². The van der Waals surface area contributed by atoms with E-state index in [4.69, 9.17) is 5.11 Å². The summed E-state index contributed by atoms with van der Waals surface area (Å²) < 4.78 is 0. The van der Waals surface area contributed by atoms with Gasteiger partial charge in [-0.15, -0.1) is 0 Å². The highest BCUT2D eigenvalue weighted by molar-refractivity contribution is 5.93. The molecule has 1 rings (SSSR count). The lowest BCUT2D eigenvalue weighted by molar-refractivity contribution is -0.140. The molecular formula is C10H11NO3. The van der Waals surface area contributed by atoms with Crippen molar-refractivity contribution in [2.75, 3.05) is 0 Å². The highest BCUT2D eigenvalue weighted by Crippen LogP contribution is 2.17. The molecular weight excluding hydrogens is 182 g/mol. The maximum absolute atomic E-state index is 10.7. The first-order valence-corrected chi connectivity index (χ1v) is 4.32. The maximum Gasteiger partial charge on any atom is 0.318 e. The Labute approximate surface area is 81.6 Å². The predicted molar refractivity (Wildman–Crippen MR) is 50.1 cm³/mol. The van der Waals surface area contributed by atoms with Gasteiger partial charge < -0.3 is 9.90 Å². The average molecular weight is 193 g/mol. The van der Waals surface area contributed by atoms with Crippen LogP contribution in [0.3, 0.4) is 0 Å². The van der Waals surface area contributed by atoms with Crippen LogP contribution < -0.4 is 0 Å². The molecule has 0 fully saturated rings. The molecule has 4 nitrogen and oxygen atoms in total. The zero-order valence-electron chi connectivity index (χ0n) is 7.80. The molecule has 74 valence electrons. The van der Waals surface area contributed by atoms with Crippen LogP contribution in [-0.2, 0) is 16.0 Å². The summed E-state index contributed by atoms with van der Waals surface area (Å²) in [6.07, 6.45) is 2.64. The van der Waals surface area contributed by atoms with Crippen molar-refractivity contribution in [3.05, 3.63) is 29.6 Å². The number of pyridine rings is 1. The molecule has 0 aliphatic heterocycles. The summed E-state index contributed by atoms with van der Waals surface area (Å²) in [4.78, 5) is 25.4. The Kier molecular flexibility index (Phi) is 3.34. The lowest BCUT2D eigenvalue weighted by Gasteiger charge is -2.08. The third-order valence-electron chi connectivity index (χ3n) is 2.00. The van der Waals surface area contributed by atoms with Gasteiger partial charge in [0, 0.05) is 11.9 Å². The van der Waals surface area contributed by atoms with Gasteiger partial charge in [-0.2, -0.15) is 0 Å². The number of hydrogen-bond donors (Lipinski definition) is 1. The minimum Gasteiger partial charge on any atom is -0.480 e. The van der Waals surface area contributed by atoms with Crippen LogP contribution in [-0.4, -0.2) is 22.3 Å². The fraction of sp³-hybridized carbons (Fsp3) is 0.300. The highest BCUT2D eigenvalue weighted by Gasteiger charge is 2.21. The van der Waals surface area contributed by atoms with E-state index in [2.05, 4.69) is 4.98 Å². The molecule has 0 saturated heterocycles. The summed E-state index contributed by atoms with van der Waals surface area (Å²) in [5.41, 5.74) is 1.14. The molecule has 1 aromatic rings. The van der Waals surface area contributed by atoms with Crippen LogP contribution in [0.5, 0.6) is 0 Å². The summed E-state index contributed by atoms with van der Waals surface area (Å²) in [5.74, 6) is -2.23. The zero-order chi connectivity index (χ0) is 10.6. The summed E-state index contributed by atoms with van der Waals surface area (Å²) in [6, 6.07) is 3.26. The molecule has 0 aliphatic carbocycles. The van der Waals surface area contributed by atoms with Crippen LogP contribution in [0.4, 0.5) is 0 Å². The number of carbonyl (C=O) groups excluding carboxylic acids is 1. The smallest absolute Gasteiger partial charge is 0.318 e. The fourth-order valence-corrected chi connectivity index (χ4v) is 1.29.